The van der Waals surface area contributed by atoms with Gasteiger partial charge in [-0.25, -0.2) is 0 Å². The molecule has 0 aliphatic heterocycles. The minimum atomic E-state index is -1.16. The van der Waals surface area contributed by atoms with Crippen LogP contribution in [0.5, 0.6) is 0 Å². The normalized spacial score (nSPS) is 21.8. The van der Waals surface area contributed by atoms with Gasteiger partial charge in [-0.05, 0) is 49.3 Å². The fourth-order valence-corrected chi connectivity index (χ4v) is 2.19. The smallest absolute Gasteiger partial charge is 0.0715 e. The third-order valence-electron chi connectivity index (χ3n) is 3.21. The van der Waals surface area contributed by atoms with E-state index in [9.17, 15) is 9.90 Å². The lowest BCUT2D eigenvalue weighted by molar-refractivity contribution is -0.255. The molecule has 1 aliphatic carbocycles. The van der Waals surface area contributed by atoms with Crippen LogP contribution in [0.2, 0.25) is 0 Å². The van der Waals surface area contributed by atoms with Crippen LogP contribution in [-0.4, -0.2) is 11.7 Å². The van der Waals surface area contributed by atoms with Crippen LogP contribution in [0.3, 0.4) is 0 Å². The molecule has 0 unspecified atom stereocenters. The molecule has 0 spiro atoms. The Hall–Kier alpha value is -1.84. The number of rotatable bonds is 3. The van der Waals surface area contributed by atoms with Crippen molar-refractivity contribution in [2.45, 2.75) is 32.6 Å². The van der Waals surface area contributed by atoms with Gasteiger partial charge in [0, 0.05) is 5.71 Å². The topological polar surface area (TPSA) is 64.5 Å². The van der Waals surface area contributed by atoms with Gasteiger partial charge in [-0.15, -0.1) is 0 Å². The first-order chi connectivity index (χ1) is 8.65. The number of carbonyl (C=O) groups excluding carboxylic acids is 1. The summed E-state index contributed by atoms with van der Waals surface area (Å²) in [4.78, 5) is 10.6. The number of carboxylic acids is 1. The number of hydrogen-bond donors (Lipinski definition) is 1. The summed E-state index contributed by atoms with van der Waals surface area (Å²) >= 11 is 0. The van der Waals surface area contributed by atoms with Crippen LogP contribution in [0, 0.1) is 5.92 Å². The van der Waals surface area contributed by atoms with Crippen molar-refractivity contribution in [3.05, 3.63) is 29.8 Å². The fourth-order valence-electron chi connectivity index (χ4n) is 2.19. The van der Waals surface area contributed by atoms with Gasteiger partial charge in [0.2, 0.25) is 0 Å². The zero-order valence-corrected chi connectivity index (χ0v) is 10.5. The van der Waals surface area contributed by atoms with Gasteiger partial charge in [-0.3, -0.25) is 5.43 Å². The van der Waals surface area contributed by atoms with E-state index in [1.807, 2.05) is 0 Å². The van der Waals surface area contributed by atoms with E-state index in [1.54, 1.807) is 12.1 Å². The average molecular weight is 245 g/mol. The number of carboxylic acid groups (broad SMARTS) is 1. The molecule has 0 amide bonds. The van der Waals surface area contributed by atoms with Crippen molar-refractivity contribution in [2.75, 3.05) is 5.43 Å². The van der Waals surface area contributed by atoms with Crippen molar-refractivity contribution in [3.8, 4) is 0 Å². The SMILES string of the molecule is C[C@H]1CCC/C(=N/Nc2ccc(C(=O)[O-])cc2)C1. The van der Waals surface area contributed by atoms with Crippen molar-refractivity contribution < 1.29 is 9.90 Å². The third kappa shape index (κ3) is 3.32. The summed E-state index contributed by atoms with van der Waals surface area (Å²) in [6, 6.07) is 6.42. The minimum Gasteiger partial charge on any atom is -0.545 e. The Bertz CT molecular complexity index is 451. The molecule has 1 aromatic carbocycles. The predicted octanol–water partition coefficient (Wildman–Crippen LogP) is 2.03. The number of nitrogens with one attached hydrogen (secondary N) is 1. The summed E-state index contributed by atoms with van der Waals surface area (Å²) in [5.74, 6) is -0.450. The Morgan fingerprint density at radius 2 is 2.11 bits per heavy atom. The average Bonchev–Trinajstić information content (AvgIpc) is 2.37. The standard InChI is InChI=1S/C14H18N2O2/c1-10-3-2-4-13(9-10)16-15-12-7-5-11(6-8-12)14(17)18/h5-8,10,15H,2-4,9H2,1H3,(H,17,18)/p-1/b16-13-/t10-/m0/s1. The summed E-state index contributed by atoms with van der Waals surface area (Å²) in [6.45, 7) is 2.24. The molecule has 4 heteroatoms. The molecule has 0 bridgehead atoms. The molecule has 0 heterocycles. The van der Waals surface area contributed by atoms with Crippen LogP contribution in [0.1, 0.15) is 43.0 Å². The number of nitrogens with zero attached hydrogens (tertiary/aromatic N) is 1. The molecule has 1 N–H and O–H groups in total. The number of anilines is 1. The minimum absolute atomic E-state index is 0.180. The summed E-state index contributed by atoms with van der Waals surface area (Å²) in [7, 11) is 0. The fraction of sp³-hybridized carbons (Fsp3) is 0.429. The molecule has 0 saturated heterocycles. The van der Waals surface area contributed by atoms with Crippen LogP contribution in [0.15, 0.2) is 29.4 Å². The largest absolute Gasteiger partial charge is 0.545 e. The number of hydrazone groups is 1. The molecule has 1 aliphatic rings. The maximum Gasteiger partial charge on any atom is 0.0715 e. The molecule has 96 valence electrons. The van der Waals surface area contributed by atoms with Crippen LogP contribution >= 0.6 is 0 Å². The lowest BCUT2D eigenvalue weighted by atomic mass is 9.89. The van der Waals surface area contributed by atoms with E-state index in [4.69, 9.17) is 0 Å². The Labute approximate surface area is 107 Å². The zero-order valence-electron chi connectivity index (χ0n) is 10.5. The molecule has 1 fully saturated rings. The third-order valence-corrected chi connectivity index (χ3v) is 3.21. The van der Waals surface area contributed by atoms with E-state index < -0.39 is 5.97 Å². The number of benzene rings is 1. The first-order valence-electron chi connectivity index (χ1n) is 6.28. The maximum absolute atomic E-state index is 10.6. The van der Waals surface area contributed by atoms with Crippen molar-refractivity contribution in [1.29, 1.82) is 0 Å². The number of hydrogen-bond acceptors (Lipinski definition) is 4. The second-order valence-corrected chi connectivity index (χ2v) is 4.86. The molecule has 1 aromatic rings. The van der Waals surface area contributed by atoms with Gasteiger partial charge in [-0.2, -0.15) is 5.10 Å². The van der Waals surface area contributed by atoms with Crippen molar-refractivity contribution in [3.63, 3.8) is 0 Å². The highest BCUT2D eigenvalue weighted by Crippen LogP contribution is 2.21. The summed E-state index contributed by atoms with van der Waals surface area (Å²) in [5, 5.41) is 15.0. The van der Waals surface area contributed by atoms with Gasteiger partial charge >= 0.3 is 0 Å². The van der Waals surface area contributed by atoms with Crippen LogP contribution in [0.4, 0.5) is 5.69 Å². The van der Waals surface area contributed by atoms with Gasteiger partial charge in [-0.1, -0.05) is 19.1 Å². The maximum atomic E-state index is 10.6. The van der Waals surface area contributed by atoms with E-state index in [2.05, 4.69) is 17.5 Å². The highest BCUT2D eigenvalue weighted by Gasteiger charge is 2.13. The zero-order chi connectivity index (χ0) is 13.0. The Morgan fingerprint density at radius 3 is 2.72 bits per heavy atom. The van der Waals surface area contributed by atoms with Crippen LogP contribution < -0.4 is 10.5 Å². The van der Waals surface area contributed by atoms with E-state index in [1.165, 1.54) is 30.7 Å². The molecular formula is C14H17N2O2-. The Kier molecular flexibility index (Phi) is 3.97. The van der Waals surface area contributed by atoms with Crippen molar-refractivity contribution in [1.82, 2.24) is 0 Å². The van der Waals surface area contributed by atoms with Crippen molar-refractivity contribution >= 4 is 17.4 Å². The predicted molar refractivity (Wildman–Crippen MR) is 69.5 cm³/mol. The molecular weight excluding hydrogens is 228 g/mol. The van der Waals surface area contributed by atoms with Gasteiger partial charge in [0.05, 0.1) is 11.7 Å². The summed E-state index contributed by atoms with van der Waals surface area (Å²) in [5.41, 5.74) is 5.15. The summed E-state index contributed by atoms with van der Waals surface area (Å²) < 4.78 is 0. The first-order valence-corrected chi connectivity index (χ1v) is 6.28. The Balaban J connectivity index is 1.97. The molecule has 0 aromatic heterocycles. The number of aromatic carboxylic acids is 1. The van der Waals surface area contributed by atoms with Gasteiger partial charge in [0.25, 0.3) is 0 Å². The van der Waals surface area contributed by atoms with Crippen LogP contribution in [0.25, 0.3) is 0 Å². The van der Waals surface area contributed by atoms with E-state index in [0.29, 0.717) is 5.92 Å². The van der Waals surface area contributed by atoms with E-state index in [-0.39, 0.29) is 5.56 Å². The molecule has 1 saturated carbocycles. The molecule has 0 radical (unpaired) electrons. The quantitative estimate of drug-likeness (QED) is 0.829. The molecule has 2 rings (SSSR count). The second-order valence-electron chi connectivity index (χ2n) is 4.86. The van der Waals surface area contributed by atoms with Crippen molar-refractivity contribution in [2.24, 2.45) is 11.0 Å². The lowest BCUT2D eigenvalue weighted by Crippen LogP contribution is -2.21. The first kappa shape index (κ1) is 12.6. The van der Waals surface area contributed by atoms with Gasteiger partial charge < -0.3 is 9.90 Å². The molecule has 1 atom stereocenters. The highest BCUT2D eigenvalue weighted by molar-refractivity contribution is 5.87. The van der Waals surface area contributed by atoms with Crippen LogP contribution in [-0.2, 0) is 0 Å². The lowest BCUT2D eigenvalue weighted by Gasteiger charge is -2.19. The second kappa shape index (κ2) is 5.67. The monoisotopic (exact) mass is 245 g/mol. The van der Waals surface area contributed by atoms with E-state index in [0.717, 1.165) is 18.5 Å². The molecule has 18 heavy (non-hydrogen) atoms. The van der Waals surface area contributed by atoms with E-state index >= 15 is 0 Å². The Morgan fingerprint density at radius 1 is 1.39 bits per heavy atom. The van der Waals surface area contributed by atoms with Gasteiger partial charge in [0.1, 0.15) is 0 Å². The molecule has 4 nitrogen and oxygen atoms in total. The summed E-state index contributed by atoms with van der Waals surface area (Å²) in [6.07, 6.45) is 4.57. The van der Waals surface area contributed by atoms with Gasteiger partial charge in [0.15, 0.2) is 0 Å². The highest BCUT2D eigenvalue weighted by atomic mass is 16.4. The number of carbonyl (C=O) groups is 1.